The number of carbonyl (C=O) groups excluding carboxylic acids is 2. The monoisotopic (exact) mass is 493 g/mol. The van der Waals surface area contributed by atoms with Crippen molar-refractivity contribution in [2.45, 2.75) is 58.3 Å². The first kappa shape index (κ1) is 24.0. The van der Waals surface area contributed by atoms with Crippen molar-refractivity contribution in [2.75, 3.05) is 32.7 Å². The summed E-state index contributed by atoms with van der Waals surface area (Å²) in [5.41, 5.74) is 5.34. The minimum Gasteiger partial charge on any atom is -0.370 e. The largest absolute Gasteiger partial charge is 0.370 e. The van der Waals surface area contributed by atoms with Gasteiger partial charge in [-0.25, -0.2) is 0 Å². The van der Waals surface area contributed by atoms with Crippen molar-refractivity contribution in [3.8, 4) is 0 Å². The molecular weight excluding hydrogens is 457 g/mol. The summed E-state index contributed by atoms with van der Waals surface area (Å²) in [7, 11) is 0. The lowest BCUT2D eigenvalue weighted by Gasteiger charge is -2.34. The number of aliphatic imine (C=N–C) groups is 1. The number of nitrogens with two attached hydrogens (primary N) is 1. The minimum absolute atomic E-state index is 0. The van der Waals surface area contributed by atoms with Crippen molar-refractivity contribution in [3.05, 3.63) is 0 Å². The highest BCUT2D eigenvalue weighted by atomic mass is 127. The standard InChI is InChI=1S/C19H35N5O2.HI/c1-2-21-19(24-11-5-8-16(14-24)12-17(20)25)23-10-9-22-18(26)13-15-6-3-4-7-15;/h15-16H,2-14H2,1H3,(H2,20,25)(H,21,23)(H,22,26);1H. The summed E-state index contributed by atoms with van der Waals surface area (Å²) >= 11 is 0. The molecule has 1 unspecified atom stereocenters. The van der Waals surface area contributed by atoms with Crippen molar-refractivity contribution in [3.63, 3.8) is 0 Å². The van der Waals surface area contributed by atoms with E-state index in [9.17, 15) is 9.59 Å². The summed E-state index contributed by atoms with van der Waals surface area (Å²) in [6.45, 7) is 5.72. The van der Waals surface area contributed by atoms with Crippen LogP contribution in [0.2, 0.25) is 0 Å². The molecule has 7 nitrogen and oxygen atoms in total. The van der Waals surface area contributed by atoms with Crippen LogP contribution in [-0.2, 0) is 9.59 Å². The van der Waals surface area contributed by atoms with Crippen LogP contribution in [0.5, 0.6) is 0 Å². The number of guanidine groups is 1. The van der Waals surface area contributed by atoms with Gasteiger partial charge in [-0.1, -0.05) is 12.8 Å². The first-order chi connectivity index (χ1) is 12.6. The van der Waals surface area contributed by atoms with Crippen LogP contribution in [0.3, 0.4) is 0 Å². The Balaban J connectivity index is 0.00000364. The second-order valence-electron chi connectivity index (χ2n) is 7.56. The molecule has 156 valence electrons. The molecule has 1 saturated heterocycles. The van der Waals surface area contributed by atoms with Gasteiger partial charge in [0.25, 0.3) is 0 Å². The van der Waals surface area contributed by atoms with E-state index in [1.807, 2.05) is 6.92 Å². The van der Waals surface area contributed by atoms with Gasteiger partial charge in [-0.05, 0) is 44.4 Å². The van der Waals surface area contributed by atoms with Crippen LogP contribution in [0.25, 0.3) is 0 Å². The van der Waals surface area contributed by atoms with E-state index in [4.69, 9.17) is 5.73 Å². The van der Waals surface area contributed by atoms with E-state index in [0.717, 1.165) is 38.4 Å². The number of likely N-dealkylation sites (tertiary alicyclic amines) is 1. The van der Waals surface area contributed by atoms with Crippen LogP contribution in [0.15, 0.2) is 4.99 Å². The molecule has 2 aliphatic rings. The number of amides is 2. The minimum atomic E-state index is -0.233. The Hall–Kier alpha value is -1.06. The fraction of sp³-hybridized carbons (Fsp3) is 0.842. The molecule has 1 aliphatic carbocycles. The Morgan fingerprint density at radius 2 is 1.78 bits per heavy atom. The molecule has 1 saturated carbocycles. The van der Waals surface area contributed by atoms with E-state index in [2.05, 4.69) is 20.5 Å². The zero-order chi connectivity index (χ0) is 18.8. The maximum absolute atomic E-state index is 12.0. The molecule has 0 aromatic rings. The summed E-state index contributed by atoms with van der Waals surface area (Å²) in [4.78, 5) is 30.0. The number of primary amides is 1. The van der Waals surface area contributed by atoms with Gasteiger partial charge in [0.05, 0.1) is 6.54 Å². The highest BCUT2D eigenvalue weighted by Gasteiger charge is 2.23. The van der Waals surface area contributed by atoms with Crippen molar-refractivity contribution in [2.24, 2.45) is 22.6 Å². The molecule has 0 bridgehead atoms. The maximum Gasteiger partial charge on any atom is 0.220 e. The molecule has 1 aliphatic heterocycles. The average molecular weight is 493 g/mol. The highest BCUT2D eigenvalue weighted by Crippen LogP contribution is 2.27. The normalized spacial score (nSPS) is 20.9. The number of hydrogen-bond acceptors (Lipinski definition) is 3. The van der Waals surface area contributed by atoms with E-state index in [0.29, 0.717) is 37.8 Å². The van der Waals surface area contributed by atoms with Gasteiger partial charge in [-0.2, -0.15) is 0 Å². The summed E-state index contributed by atoms with van der Waals surface area (Å²) in [5, 5.41) is 6.31. The van der Waals surface area contributed by atoms with Crippen LogP contribution < -0.4 is 16.4 Å². The van der Waals surface area contributed by atoms with Crippen molar-refractivity contribution in [1.29, 1.82) is 0 Å². The molecule has 2 rings (SSSR count). The molecule has 0 radical (unpaired) electrons. The second-order valence-corrected chi connectivity index (χ2v) is 7.56. The van der Waals surface area contributed by atoms with Gasteiger partial charge in [0.1, 0.15) is 0 Å². The molecule has 8 heteroatoms. The Kier molecular flexibility index (Phi) is 11.7. The van der Waals surface area contributed by atoms with Gasteiger partial charge in [-0.3, -0.25) is 14.6 Å². The summed E-state index contributed by atoms with van der Waals surface area (Å²) in [5.74, 6) is 1.66. The SMILES string of the molecule is CCNC(=NCCNC(=O)CC1CCCC1)N1CCCC(CC(N)=O)C1.I. The number of nitrogens with zero attached hydrogens (tertiary/aromatic N) is 2. The Labute approximate surface area is 180 Å². The van der Waals surface area contributed by atoms with Crippen LogP contribution in [0, 0.1) is 11.8 Å². The molecule has 1 atom stereocenters. The van der Waals surface area contributed by atoms with Crippen molar-refractivity contribution in [1.82, 2.24) is 15.5 Å². The second kappa shape index (κ2) is 13.2. The van der Waals surface area contributed by atoms with E-state index in [1.165, 1.54) is 25.7 Å². The number of rotatable bonds is 8. The molecule has 0 spiro atoms. The third-order valence-electron chi connectivity index (χ3n) is 5.29. The molecule has 0 aromatic carbocycles. The molecular formula is C19H36IN5O2. The number of hydrogen-bond donors (Lipinski definition) is 3. The third kappa shape index (κ3) is 9.12. The van der Waals surface area contributed by atoms with Crippen LogP contribution in [0.4, 0.5) is 0 Å². The molecule has 2 fully saturated rings. The fourth-order valence-electron chi connectivity index (χ4n) is 4.04. The van der Waals surface area contributed by atoms with E-state index < -0.39 is 0 Å². The molecule has 2 amide bonds. The quantitative estimate of drug-likeness (QED) is 0.208. The van der Waals surface area contributed by atoms with Gasteiger partial charge in [0, 0.05) is 39.0 Å². The van der Waals surface area contributed by atoms with Gasteiger partial charge in [0.2, 0.25) is 11.8 Å². The average Bonchev–Trinajstić information content (AvgIpc) is 3.10. The zero-order valence-electron chi connectivity index (χ0n) is 16.5. The predicted octanol–water partition coefficient (Wildman–Crippen LogP) is 1.85. The molecule has 1 heterocycles. The van der Waals surface area contributed by atoms with Crippen LogP contribution in [0.1, 0.15) is 58.3 Å². The van der Waals surface area contributed by atoms with E-state index in [1.54, 1.807) is 0 Å². The van der Waals surface area contributed by atoms with Crippen LogP contribution in [-0.4, -0.2) is 55.4 Å². The lowest BCUT2D eigenvalue weighted by molar-refractivity contribution is -0.122. The highest BCUT2D eigenvalue weighted by molar-refractivity contribution is 14.0. The van der Waals surface area contributed by atoms with Crippen LogP contribution >= 0.6 is 24.0 Å². The first-order valence-electron chi connectivity index (χ1n) is 10.2. The number of nitrogens with one attached hydrogen (secondary N) is 2. The van der Waals surface area contributed by atoms with E-state index >= 15 is 0 Å². The van der Waals surface area contributed by atoms with Crippen molar-refractivity contribution >= 4 is 41.8 Å². The Morgan fingerprint density at radius 3 is 2.44 bits per heavy atom. The maximum atomic E-state index is 12.0. The van der Waals surface area contributed by atoms with E-state index in [-0.39, 0.29) is 35.8 Å². The molecule has 4 N–H and O–H groups in total. The number of piperidine rings is 1. The Bertz CT molecular complexity index is 494. The zero-order valence-corrected chi connectivity index (χ0v) is 18.9. The topological polar surface area (TPSA) is 99.8 Å². The van der Waals surface area contributed by atoms with Crippen molar-refractivity contribution < 1.29 is 9.59 Å². The third-order valence-corrected chi connectivity index (χ3v) is 5.29. The van der Waals surface area contributed by atoms with Gasteiger partial charge in [-0.15, -0.1) is 24.0 Å². The Morgan fingerprint density at radius 1 is 1.07 bits per heavy atom. The van der Waals surface area contributed by atoms with Gasteiger partial charge in [0.15, 0.2) is 5.96 Å². The van der Waals surface area contributed by atoms with Gasteiger partial charge < -0.3 is 21.3 Å². The molecule has 0 aromatic heterocycles. The first-order valence-corrected chi connectivity index (χ1v) is 10.2. The fourth-order valence-corrected chi connectivity index (χ4v) is 4.04. The summed E-state index contributed by atoms with van der Waals surface area (Å²) < 4.78 is 0. The summed E-state index contributed by atoms with van der Waals surface area (Å²) in [6.07, 6.45) is 8.09. The predicted molar refractivity (Wildman–Crippen MR) is 119 cm³/mol. The summed E-state index contributed by atoms with van der Waals surface area (Å²) in [6, 6.07) is 0. The van der Waals surface area contributed by atoms with Gasteiger partial charge >= 0.3 is 0 Å². The number of halogens is 1. The molecule has 27 heavy (non-hydrogen) atoms. The number of carbonyl (C=O) groups is 2. The lowest BCUT2D eigenvalue weighted by Crippen LogP contribution is -2.47. The lowest BCUT2D eigenvalue weighted by atomic mass is 9.95. The smallest absolute Gasteiger partial charge is 0.220 e.